The maximum absolute atomic E-state index is 12.4. The predicted octanol–water partition coefficient (Wildman–Crippen LogP) is 3.75. The summed E-state index contributed by atoms with van der Waals surface area (Å²) in [5.41, 5.74) is 2.70. The van der Waals surface area contributed by atoms with E-state index < -0.39 is 0 Å². The lowest BCUT2D eigenvalue weighted by atomic mass is 10.1. The number of nitrogens with one attached hydrogen (secondary N) is 1. The minimum atomic E-state index is -0.337. The minimum absolute atomic E-state index is 0.0269. The minimum Gasteiger partial charge on any atom is -0.326 e. The second-order valence-electron chi connectivity index (χ2n) is 5.71. The van der Waals surface area contributed by atoms with Gasteiger partial charge in [0.1, 0.15) is 0 Å². The van der Waals surface area contributed by atoms with Crippen molar-refractivity contribution < 1.29 is 9.59 Å². The number of nitrogens with zero attached hydrogens (tertiary/aromatic N) is 1. The van der Waals surface area contributed by atoms with Crippen LogP contribution in [-0.2, 0) is 9.59 Å². The first-order chi connectivity index (χ1) is 11.0. The van der Waals surface area contributed by atoms with E-state index in [1.807, 2.05) is 55.5 Å². The molecule has 1 aliphatic rings. The molecule has 1 saturated heterocycles. The smallest absolute Gasteiger partial charge is 0.229 e. The Bertz CT molecular complexity index is 743. The van der Waals surface area contributed by atoms with Crippen LogP contribution in [0.15, 0.2) is 53.0 Å². The lowest BCUT2D eigenvalue weighted by molar-refractivity contribution is -0.122. The number of carbonyl (C=O) groups excluding carboxylic acids is 2. The molecule has 0 saturated carbocycles. The van der Waals surface area contributed by atoms with Crippen LogP contribution < -0.4 is 10.2 Å². The van der Waals surface area contributed by atoms with E-state index in [0.29, 0.717) is 6.54 Å². The molecule has 0 radical (unpaired) electrons. The van der Waals surface area contributed by atoms with Crippen molar-refractivity contribution in [1.29, 1.82) is 0 Å². The Morgan fingerprint density at radius 3 is 2.57 bits per heavy atom. The van der Waals surface area contributed by atoms with Crippen LogP contribution in [0.5, 0.6) is 0 Å². The monoisotopic (exact) mass is 372 g/mol. The Balaban J connectivity index is 1.71. The molecule has 1 aliphatic heterocycles. The summed E-state index contributed by atoms with van der Waals surface area (Å²) in [7, 11) is 0. The highest BCUT2D eigenvalue weighted by Crippen LogP contribution is 2.31. The van der Waals surface area contributed by atoms with Gasteiger partial charge in [0, 0.05) is 23.1 Å². The molecule has 5 heteroatoms. The molecule has 0 bridgehead atoms. The highest BCUT2D eigenvalue weighted by molar-refractivity contribution is 9.10. The Morgan fingerprint density at radius 2 is 1.87 bits per heavy atom. The molecule has 1 heterocycles. The van der Waals surface area contributed by atoms with Crippen LogP contribution in [0.25, 0.3) is 0 Å². The molecule has 4 nitrogen and oxygen atoms in total. The summed E-state index contributed by atoms with van der Waals surface area (Å²) in [5.74, 6) is -0.478. The zero-order chi connectivity index (χ0) is 16.4. The summed E-state index contributed by atoms with van der Waals surface area (Å²) in [6.07, 6.45) is 0.235. The number of para-hydroxylation sites is 1. The second-order valence-corrected chi connectivity index (χ2v) is 6.57. The van der Waals surface area contributed by atoms with E-state index in [9.17, 15) is 9.59 Å². The molecule has 0 aliphatic carbocycles. The molecule has 3 rings (SSSR count). The molecular weight excluding hydrogens is 356 g/mol. The number of carbonyl (C=O) groups is 2. The van der Waals surface area contributed by atoms with Gasteiger partial charge in [-0.3, -0.25) is 9.59 Å². The van der Waals surface area contributed by atoms with Crippen molar-refractivity contribution in [2.45, 2.75) is 13.3 Å². The van der Waals surface area contributed by atoms with Crippen molar-refractivity contribution in [2.24, 2.45) is 5.92 Å². The third kappa shape index (κ3) is 3.45. The second kappa shape index (κ2) is 6.54. The van der Waals surface area contributed by atoms with E-state index in [1.165, 1.54) is 0 Å². The van der Waals surface area contributed by atoms with E-state index in [-0.39, 0.29) is 24.2 Å². The van der Waals surface area contributed by atoms with Crippen molar-refractivity contribution in [1.82, 2.24) is 0 Å². The van der Waals surface area contributed by atoms with Gasteiger partial charge in [-0.2, -0.15) is 0 Å². The largest absolute Gasteiger partial charge is 0.326 e. The van der Waals surface area contributed by atoms with Gasteiger partial charge < -0.3 is 10.2 Å². The van der Waals surface area contributed by atoms with E-state index in [0.717, 1.165) is 21.4 Å². The van der Waals surface area contributed by atoms with E-state index in [4.69, 9.17) is 0 Å². The Labute approximate surface area is 143 Å². The van der Waals surface area contributed by atoms with E-state index in [2.05, 4.69) is 21.2 Å². The maximum Gasteiger partial charge on any atom is 0.229 e. The topological polar surface area (TPSA) is 49.4 Å². The average Bonchev–Trinajstić information content (AvgIpc) is 2.92. The lowest BCUT2D eigenvalue weighted by Gasteiger charge is -2.18. The lowest BCUT2D eigenvalue weighted by Crippen LogP contribution is -2.28. The van der Waals surface area contributed by atoms with Crippen molar-refractivity contribution in [3.63, 3.8) is 0 Å². The molecule has 23 heavy (non-hydrogen) atoms. The third-order valence-electron chi connectivity index (χ3n) is 3.96. The number of amides is 2. The van der Waals surface area contributed by atoms with Gasteiger partial charge >= 0.3 is 0 Å². The summed E-state index contributed by atoms with van der Waals surface area (Å²) in [4.78, 5) is 26.3. The normalized spacial score (nSPS) is 17.4. The Kier molecular flexibility index (Phi) is 4.48. The summed E-state index contributed by atoms with van der Waals surface area (Å²) in [6, 6.07) is 15.2. The summed E-state index contributed by atoms with van der Waals surface area (Å²) in [6.45, 7) is 2.40. The number of rotatable bonds is 3. The Hall–Kier alpha value is -2.14. The van der Waals surface area contributed by atoms with Crippen molar-refractivity contribution >= 4 is 39.1 Å². The molecule has 1 unspecified atom stereocenters. The fraction of sp³-hybridized carbons (Fsp3) is 0.222. The third-order valence-corrected chi connectivity index (χ3v) is 4.63. The molecule has 1 N–H and O–H groups in total. The van der Waals surface area contributed by atoms with Crippen LogP contribution in [0.1, 0.15) is 12.0 Å². The fourth-order valence-corrected chi connectivity index (χ4v) is 3.17. The summed E-state index contributed by atoms with van der Waals surface area (Å²) < 4.78 is 0.855. The zero-order valence-corrected chi connectivity index (χ0v) is 14.3. The van der Waals surface area contributed by atoms with E-state index >= 15 is 0 Å². The number of benzene rings is 2. The number of halogens is 1. The molecule has 118 valence electrons. The highest BCUT2D eigenvalue weighted by Gasteiger charge is 2.35. The summed E-state index contributed by atoms with van der Waals surface area (Å²) >= 11 is 3.46. The van der Waals surface area contributed by atoms with Gasteiger partial charge in [0.2, 0.25) is 11.8 Å². The van der Waals surface area contributed by atoms with Crippen LogP contribution >= 0.6 is 15.9 Å². The van der Waals surface area contributed by atoms with Crippen LogP contribution in [0.2, 0.25) is 0 Å². The highest BCUT2D eigenvalue weighted by atomic mass is 79.9. The van der Waals surface area contributed by atoms with Crippen LogP contribution in [0.3, 0.4) is 0 Å². The van der Waals surface area contributed by atoms with Crippen LogP contribution in [-0.4, -0.2) is 18.4 Å². The van der Waals surface area contributed by atoms with Gasteiger partial charge in [-0.1, -0.05) is 29.8 Å². The molecule has 1 atom stereocenters. The summed E-state index contributed by atoms with van der Waals surface area (Å²) in [5, 5.41) is 2.89. The first-order valence-electron chi connectivity index (χ1n) is 7.47. The Morgan fingerprint density at radius 1 is 1.17 bits per heavy atom. The van der Waals surface area contributed by atoms with Crippen molar-refractivity contribution in [3.05, 3.63) is 58.6 Å². The molecule has 2 aromatic carbocycles. The number of anilines is 2. The number of hydrogen-bond donors (Lipinski definition) is 1. The SMILES string of the molecule is Cc1ccc(NC(=O)C2CC(=O)N(c3ccccc3Br)C2)cc1. The van der Waals surface area contributed by atoms with Gasteiger partial charge in [0.15, 0.2) is 0 Å². The maximum atomic E-state index is 12.4. The zero-order valence-electron chi connectivity index (χ0n) is 12.8. The molecule has 0 aromatic heterocycles. The van der Waals surface area contributed by atoms with Crippen molar-refractivity contribution in [3.8, 4) is 0 Å². The predicted molar refractivity (Wildman–Crippen MR) is 94.4 cm³/mol. The first kappa shape index (κ1) is 15.7. The van der Waals surface area contributed by atoms with Crippen molar-refractivity contribution in [2.75, 3.05) is 16.8 Å². The van der Waals surface area contributed by atoms with Crippen LogP contribution in [0.4, 0.5) is 11.4 Å². The molecule has 1 fully saturated rings. The standard InChI is InChI=1S/C18H17BrN2O2/c1-12-6-8-14(9-7-12)20-18(23)13-10-17(22)21(11-13)16-5-3-2-4-15(16)19/h2-9,13H,10-11H2,1H3,(H,20,23). The fourth-order valence-electron chi connectivity index (χ4n) is 2.67. The van der Waals surface area contributed by atoms with Gasteiger partial charge in [0.05, 0.1) is 11.6 Å². The average molecular weight is 373 g/mol. The molecular formula is C18H17BrN2O2. The van der Waals surface area contributed by atoms with Crippen LogP contribution in [0, 0.1) is 12.8 Å². The molecule has 2 aromatic rings. The van der Waals surface area contributed by atoms with Gasteiger partial charge in [-0.25, -0.2) is 0 Å². The van der Waals surface area contributed by atoms with Gasteiger partial charge in [-0.15, -0.1) is 0 Å². The molecule has 0 spiro atoms. The van der Waals surface area contributed by atoms with E-state index in [1.54, 1.807) is 4.90 Å². The first-order valence-corrected chi connectivity index (χ1v) is 8.26. The molecule has 2 amide bonds. The van der Waals surface area contributed by atoms with Gasteiger partial charge in [-0.05, 0) is 47.1 Å². The number of aryl methyl sites for hydroxylation is 1. The quantitative estimate of drug-likeness (QED) is 0.891. The van der Waals surface area contributed by atoms with Gasteiger partial charge in [0.25, 0.3) is 0 Å². The number of hydrogen-bond acceptors (Lipinski definition) is 2.